The highest BCUT2D eigenvalue weighted by atomic mass is 79.9. The Morgan fingerprint density at radius 2 is 2.23 bits per heavy atom. The molecule has 0 saturated heterocycles. The summed E-state index contributed by atoms with van der Waals surface area (Å²) >= 11 is 3.44. The zero-order valence-electron chi connectivity index (χ0n) is 7.33. The van der Waals surface area contributed by atoms with Crippen molar-refractivity contribution in [2.24, 2.45) is 0 Å². The molecule has 0 saturated carbocycles. The van der Waals surface area contributed by atoms with Crippen LogP contribution in [0.5, 0.6) is 0 Å². The zero-order chi connectivity index (χ0) is 9.26. The van der Waals surface area contributed by atoms with E-state index in [4.69, 9.17) is 4.74 Å². The summed E-state index contributed by atoms with van der Waals surface area (Å²) < 4.78 is 8.25. The van der Waals surface area contributed by atoms with Crippen LogP contribution in [0.2, 0.25) is 0 Å². The van der Waals surface area contributed by atoms with Gasteiger partial charge in [-0.2, -0.15) is 0 Å². The van der Waals surface area contributed by atoms with Crippen LogP contribution in [-0.2, 0) is 11.5 Å². The van der Waals surface area contributed by atoms with Crippen LogP contribution in [-0.4, -0.2) is 11.7 Å². The standard InChI is InChI=1S/C10H10BrNO/c1-13-7-12-5-4-8-6-9(11)2-3-10(8)12/h2-6H,7H2,1H3. The van der Waals surface area contributed by atoms with Crippen molar-refractivity contribution in [1.82, 2.24) is 4.57 Å². The first kappa shape index (κ1) is 8.78. The first-order chi connectivity index (χ1) is 6.31. The van der Waals surface area contributed by atoms with E-state index in [0.29, 0.717) is 6.73 Å². The SMILES string of the molecule is COCn1ccc2cc(Br)ccc21. The van der Waals surface area contributed by atoms with Gasteiger partial charge in [0.15, 0.2) is 0 Å². The number of halogens is 1. The third kappa shape index (κ3) is 1.62. The second kappa shape index (κ2) is 3.52. The lowest BCUT2D eigenvalue weighted by Gasteiger charge is -2.02. The molecule has 1 heterocycles. The predicted octanol–water partition coefficient (Wildman–Crippen LogP) is 3.01. The Morgan fingerprint density at radius 3 is 3.00 bits per heavy atom. The van der Waals surface area contributed by atoms with E-state index in [1.165, 1.54) is 10.9 Å². The van der Waals surface area contributed by atoms with Crippen molar-refractivity contribution in [3.63, 3.8) is 0 Å². The van der Waals surface area contributed by atoms with Crippen LogP contribution in [0.1, 0.15) is 0 Å². The Morgan fingerprint density at radius 1 is 1.38 bits per heavy atom. The van der Waals surface area contributed by atoms with Gasteiger partial charge in [0.05, 0.1) is 5.52 Å². The van der Waals surface area contributed by atoms with E-state index in [0.717, 1.165) is 4.47 Å². The maximum atomic E-state index is 5.08. The fourth-order valence-corrected chi connectivity index (χ4v) is 1.80. The highest BCUT2D eigenvalue weighted by Crippen LogP contribution is 2.20. The largest absolute Gasteiger partial charge is 0.364 e. The molecule has 1 aromatic carbocycles. The van der Waals surface area contributed by atoms with Crippen molar-refractivity contribution >= 4 is 26.8 Å². The molecule has 0 bridgehead atoms. The number of benzene rings is 1. The molecule has 0 fully saturated rings. The number of ether oxygens (including phenoxy) is 1. The molecule has 0 aliphatic heterocycles. The van der Waals surface area contributed by atoms with Gasteiger partial charge in [0.2, 0.25) is 0 Å². The highest BCUT2D eigenvalue weighted by Gasteiger charge is 1.99. The molecule has 0 radical (unpaired) electrons. The Balaban J connectivity index is 2.55. The molecule has 0 atom stereocenters. The Labute approximate surface area is 85.2 Å². The minimum absolute atomic E-state index is 0.602. The van der Waals surface area contributed by atoms with Gasteiger partial charge in [-0.15, -0.1) is 0 Å². The van der Waals surface area contributed by atoms with Crippen molar-refractivity contribution in [3.05, 3.63) is 34.9 Å². The monoisotopic (exact) mass is 239 g/mol. The number of rotatable bonds is 2. The molecular formula is C10H10BrNO. The molecule has 0 aliphatic rings. The Bertz CT molecular complexity index is 422. The second-order valence-electron chi connectivity index (χ2n) is 2.91. The summed E-state index contributed by atoms with van der Waals surface area (Å²) in [6.07, 6.45) is 2.03. The van der Waals surface area contributed by atoms with Gasteiger partial charge in [-0.05, 0) is 24.3 Å². The molecule has 3 heteroatoms. The summed E-state index contributed by atoms with van der Waals surface area (Å²) in [7, 11) is 1.70. The van der Waals surface area contributed by atoms with Crippen molar-refractivity contribution in [2.75, 3.05) is 7.11 Å². The minimum atomic E-state index is 0.602. The van der Waals surface area contributed by atoms with Crippen molar-refractivity contribution in [3.8, 4) is 0 Å². The predicted molar refractivity (Wildman–Crippen MR) is 56.6 cm³/mol. The summed E-state index contributed by atoms with van der Waals surface area (Å²) in [5.74, 6) is 0. The Kier molecular flexibility index (Phi) is 2.38. The third-order valence-corrected chi connectivity index (χ3v) is 2.49. The van der Waals surface area contributed by atoms with Crippen molar-refractivity contribution in [1.29, 1.82) is 0 Å². The summed E-state index contributed by atoms with van der Waals surface area (Å²) in [5.41, 5.74) is 1.20. The average Bonchev–Trinajstić information content (AvgIpc) is 2.49. The van der Waals surface area contributed by atoms with Gasteiger partial charge in [0.1, 0.15) is 6.73 Å². The summed E-state index contributed by atoms with van der Waals surface area (Å²) in [6.45, 7) is 0.602. The molecule has 0 spiro atoms. The summed E-state index contributed by atoms with van der Waals surface area (Å²) in [5, 5.41) is 1.23. The van der Waals surface area contributed by atoms with Crippen LogP contribution in [0, 0.1) is 0 Å². The van der Waals surface area contributed by atoms with Crippen LogP contribution in [0.25, 0.3) is 10.9 Å². The van der Waals surface area contributed by atoms with E-state index in [1.807, 2.05) is 12.3 Å². The van der Waals surface area contributed by atoms with E-state index in [9.17, 15) is 0 Å². The molecule has 0 aliphatic carbocycles. The van der Waals surface area contributed by atoms with Crippen LogP contribution in [0.15, 0.2) is 34.9 Å². The van der Waals surface area contributed by atoms with Gasteiger partial charge in [-0.1, -0.05) is 15.9 Å². The molecule has 68 valence electrons. The van der Waals surface area contributed by atoms with Crippen LogP contribution in [0.3, 0.4) is 0 Å². The van der Waals surface area contributed by atoms with Crippen molar-refractivity contribution < 1.29 is 4.74 Å². The number of hydrogen-bond donors (Lipinski definition) is 0. The van der Waals surface area contributed by atoms with Crippen LogP contribution >= 0.6 is 15.9 Å². The summed E-state index contributed by atoms with van der Waals surface area (Å²) in [4.78, 5) is 0. The van der Waals surface area contributed by atoms with Gasteiger partial charge in [-0.3, -0.25) is 0 Å². The van der Waals surface area contributed by atoms with Crippen LogP contribution < -0.4 is 0 Å². The minimum Gasteiger partial charge on any atom is -0.364 e. The number of aromatic nitrogens is 1. The lowest BCUT2D eigenvalue weighted by Crippen LogP contribution is -1.96. The lowest BCUT2D eigenvalue weighted by molar-refractivity contribution is 0.135. The molecule has 0 amide bonds. The van der Waals surface area contributed by atoms with Gasteiger partial charge in [0, 0.05) is 23.2 Å². The molecule has 1 aromatic heterocycles. The number of fused-ring (bicyclic) bond motifs is 1. The van der Waals surface area contributed by atoms with E-state index in [1.54, 1.807) is 7.11 Å². The summed E-state index contributed by atoms with van der Waals surface area (Å²) in [6, 6.07) is 8.30. The molecule has 2 aromatic rings. The Hall–Kier alpha value is -0.800. The first-order valence-electron chi connectivity index (χ1n) is 4.04. The van der Waals surface area contributed by atoms with Gasteiger partial charge < -0.3 is 9.30 Å². The molecule has 13 heavy (non-hydrogen) atoms. The van der Waals surface area contributed by atoms with E-state index in [-0.39, 0.29) is 0 Å². The van der Waals surface area contributed by atoms with Gasteiger partial charge in [-0.25, -0.2) is 0 Å². The number of hydrogen-bond acceptors (Lipinski definition) is 1. The second-order valence-corrected chi connectivity index (χ2v) is 3.82. The van der Waals surface area contributed by atoms with Crippen molar-refractivity contribution in [2.45, 2.75) is 6.73 Å². The maximum Gasteiger partial charge on any atom is 0.122 e. The maximum absolute atomic E-state index is 5.08. The molecule has 2 nitrogen and oxygen atoms in total. The smallest absolute Gasteiger partial charge is 0.122 e. The average molecular weight is 240 g/mol. The number of nitrogens with zero attached hydrogens (tertiary/aromatic N) is 1. The quantitative estimate of drug-likeness (QED) is 0.786. The normalized spacial score (nSPS) is 10.9. The third-order valence-electron chi connectivity index (χ3n) is 2.00. The van der Waals surface area contributed by atoms with Crippen LogP contribution in [0.4, 0.5) is 0 Å². The molecule has 2 rings (SSSR count). The fraction of sp³-hybridized carbons (Fsp3) is 0.200. The fourth-order valence-electron chi connectivity index (χ4n) is 1.42. The molecule has 0 unspecified atom stereocenters. The highest BCUT2D eigenvalue weighted by molar-refractivity contribution is 9.10. The van der Waals surface area contributed by atoms with E-state index in [2.05, 4.69) is 38.7 Å². The van der Waals surface area contributed by atoms with Gasteiger partial charge in [0.25, 0.3) is 0 Å². The topological polar surface area (TPSA) is 14.2 Å². The van der Waals surface area contributed by atoms with E-state index >= 15 is 0 Å². The number of methoxy groups -OCH3 is 1. The van der Waals surface area contributed by atoms with Gasteiger partial charge >= 0.3 is 0 Å². The first-order valence-corrected chi connectivity index (χ1v) is 4.84. The molecule has 0 N–H and O–H groups in total. The lowest BCUT2D eigenvalue weighted by atomic mass is 10.2. The van der Waals surface area contributed by atoms with E-state index < -0.39 is 0 Å². The molecular weight excluding hydrogens is 230 g/mol. The zero-order valence-corrected chi connectivity index (χ0v) is 8.91.